The molecule has 0 fully saturated rings. The maximum Gasteiger partial charge on any atom is 0.0540 e. The van der Waals surface area contributed by atoms with Crippen LogP contribution >= 0.6 is 0 Å². The Morgan fingerprint density at radius 2 is 0.592 bits per heavy atom. The summed E-state index contributed by atoms with van der Waals surface area (Å²) in [5.74, 6) is 0. The average molecular weight is 626 g/mol. The van der Waals surface area contributed by atoms with Crippen molar-refractivity contribution in [3.8, 4) is 55.6 Å². The zero-order chi connectivity index (χ0) is 32.8. The summed E-state index contributed by atoms with van der Waals surface area (Å²) in [6.07, 6.45) is 0. The molecule has 0 unspecified atom stereocenters. The summed E-state index contributed by atoms with van der Waals surface area (Å²) in [4.78, 5) is 2.37. The minimum absolute atomic E-state index is 1.10. The van der Waals surface area contributed by atoms with Crippen LogP contribution in [0.4, 0.5) is 17.1 Å². The Labute approximate surface area is 289 Å². The highest BCUT2D eigenvalue weighted by Crippen LogP contribution is 2.44. The van der Waals surface area contributed by atoms with Gasteiger partial charge in [0.2, 0.25) is 0 Å². The lowest BCUT2D eigenvalue weighted by atomic mass is 9.89. The van der Waals surface area contributed by atoms with Crippen molar-refractivity contribution in [3.05, 3.63) is 212 Å². The summed E-state index contributed by atoms with van der Waals surface area (Å²) in [5, 5.41) is 0. The SMILES string of the molecule is c1ccc(-c2ccc(N(c3ccccc3)c3ccc(-c4ccccc4-c4ccccc4-c4ccccc4)cc3)c(-c3ccccc3)c2)cc1. The maximum absolute atomic E-state index is 2.37. The van der Waals surface area contributed by atoms with Gasteiger partial charge in [0.1, 0.15) is 0 Å². The Morgan fingerprint density at radius 3 is 1.12 bits per heavy atom. The lowest BCUT2D eigenvalue weighted by Gasteiger charge is -2.28. The highest BCUT2D eigenvalue weighted by Gasteiger charge is 2.19. The number of rotatable bonds is 8. The van der Waals surface area contributed by atoms with Crippen LogP contribution in [0.15, 0.2) is 212 Å². The van der Waals surface area contributed by atoms with E-state index in [0.29, 0.717) is 0 Å². The van der Waals surface area contributed by atoms with Gasteiger partial charge in [-0.05, 0) is 86.5 Å². The highest BCUT2D eigenvalue weighted by molar-refractivity contribution is 5.93. The lowest BCUT2D eigenvalue weighted by Crippen LogP contribution is -2.11. The molecule has 0 heterocycles. The van der Waals surface area contributed by atoms with Gasteiger partial charge in [-0.2, -0.15) is 0 Å². The van der Waals surface area contributed by atoms with Gasteiger partial charge in [-0.3, -0.25) is 0 Å². The van der Waals surface area contributed by atoms with Gasteiger partial charge in [0, 0.05) is 16.9 Å². The molecule has 0 aliphatic heterocycles. The van der Waals surface area contributed by atoms with E-state index in [0.717, 1.165) is 17.1 Å². The number of para-hydroxylation sites is 1. The van der Waals surface area contributed by atoms with E-state index in [1.807, 2.05) is 0 Å². The molecule has 1 nitrogen and oxygen atoms in total. The number of benzene rings is 8. The Morgan fingerprint density at radius 1 is 0.224 bits per heavy atom. The van der Waals surface area contributed by atoms with E-state index in [1.165, 1.54) is 55.6 Å². The lowest BCUT2D eigenvalue weighted by molar-refractivity contribution is 1.28. The van der Waals surface area contributed by atoms with Crippen LogP contribution in [0.25, 0.3) is 55.6 Å². The smallest absolute Gasteiger partial charge is 0.0540 e. The fraction of sp³-hybridized carbons (Fsp3) is 0. The minimum atomic E-state index is 1.10. The van der Waals surface area contributed by atoms with Gasteiger partial charge in [-0.1, -0.05) is 176 Å². The van der Waals surface area contributed by atoms with Crippen LogP contribution in [-0.2, 0) is 0 Å². The molecule has 0 atom stereocenters. The van der Waals surface area contributed by atoms with E-state index >= 15 is 0 Å². The first-order valence-corrected chi connectivity index (χ1v) is 16.8. The Bertz CT molecular complexity index is 2290. The van der Waals surface area contributed by atoms with Crippen LogP contribution in [0.1, 0.15) is 0 Å². The van der Waals surface area contributed by atoms with Crippen molar-refractivity contribution in [2.24, 2.45) is 0 Å². The zero-order valence-electron chi connectivity index (χ0n) is 27.2. The molecular weight excluding hydrogens is 591 g/mol. The van der Waals surface area contributed by atoms with Crippen LogP contribution in [0.5, 0.6) is 0 Å². The van der Waals surface area contributed by atoms with Gasteiger partial charge in [0.25, 0.3) is 0 Å². The second kappa shape index (κ2) is 13.7. The van der Waals surface area contributed by atoms with Gasteiger partial charge in [0.05, 0.1) is 5.69 Å². The second-order valence-electron chi connectivity index (χ2n) is 12.1. The van der Waals surface area contributed by atoms with Crippen LogP contribution in [0.3, 0.4) is 0 Å². The monoisotopic (exact) mass is 625 g/mol. The summed E-state index contributed by atoms with van der Waals surface area (Å²) >= 11 is 0. The largest absolute Gasteiger partial charge is 0.310 e. The van der Waals surface area contributed by atoms with Gasteiger partial charge in [0.15, 0.2) is 0 Å². The molecule has 232 valence electrons. The fourth-order valence-corrected chi connectivity index (χ4v) is 6.74. The van der Waals surface area contributed by atoms with Gasteiger partial charge < -0.3 is 4.90 Å². The molecular formula is C48H35N. The van der Waals surface area contributed by atoms with E-state index in [-0.39, 0.29) is 0 Å². The predicted molar refractivity (Wildman–Crippen MR) is 208 cm³/mol. The molecule has 0 aliphatic carbocycles. The van der Waals surface area contributed by atoms with Crippen molar-refractivity contribution in [2.75, 3.05) is 4.90 Å². The summed E-state index contributed by atoms with van der Waals surface area (Å²) in [5.41, 5.74) is 15.4. The molecule has 0 radical (unpaired) electrons. The molecule has 1 heteroatoms. The Kier molecular flexibility index (Phi) is 8.39. The molecule has 0 aromatic heterocycles. The van der Waals surface area contributed by atoms with Crippen molar-refractivity contribution in [2.45, 2.75) is 0 Å². The van der Waals surface area contributed by atoms with Gasteiger partial charge in [-0.25, -0.2) is 0 Å². The minimum Gasteiger partial charge on any atom is -0.310 e. The molecule has 0 aliphatic rings. The molecule has 0 saturated heterocycles. The zero-order valence-corrected chi connectivity index (χ0v) is 27.2. The molecule has 49 heavy (non-hydrogen) atoms. The third-order valence-corrected chi connectivity index (χ3v) is 9.11. The molecule has 8 aromatic carbocycles. The number of hydrogen-bond acceptors (Lipinski definition) is 1. The van der Waals surface area contributed by atoms with Crippen molar-refractivity contribution in [3.63, 3.8) is 0 Å². The highest BCUT2D eigenvalue weighted by atomic mass is 15.1. The molecule has 8 aromatic rings. The number of nitrogens with zero attached hydrogens (tertiary/aromatic N) is 1. The number of hydrogen-bond donors (Lipinski definition) is 0. The summed E-state index contributed by atoms with van der Waals surface area (Å²) in [6, 6.07) is 75.9. The molecule has 0 amide bonds. The molecule has 0 bridgehead atoms. The third-order valence-electron chi connectivity index (χ3n) is 9.11. The maximum atomic E-state index is 2.37. The standard InChI is InChI=1S/C48H35N/c1-5-17-36(18-6-1)40-31-34-48(47(35-40)38-21-9-3-10-22-38)49(41-23-11-4-12-24-41)42-32-29-39(30-33-42)44-26-14-16-28-46(44)45-27-15-13-25-43(45)37-19-7-2-8-20-37/h1-35H. The van der Waals surface area contributed by atoms with Gasteiger partial charge in [-0.15, -0.1) is 0 Å². The fourth-order valence-electron chi connectivity index (χ4n) is 6.74. The van der Waals surface area contributed by atoms with Crippen molar-refractivity contribution < 1.29 is 0 Å². The molecule has 8 rings (SSSR count). The molecule has 0 N–H and O–H groups in total. The topological polar surface area (TPSA) is 3.24 Å². The summed E-state index contributed by atoms with van der Waals surface area (Å²) < 4.78 is 0. The van der Waals surface area contributed by atoms with Crippen LogP contribution in [0.2, 0.25) is 0 Å². The van der Waals surface area contributed by atoms with E-state index < -0.39 is 0 Å². The summed E-state index contributed by atoms with van der Waals surface area (Å²) in [7, 11) is 0. The van der Waals surface area contributed by atoms with E-state index in [1.54, 1.807) is 0 Å². The normalized spacial score (nSPS) is 10.9. The first kappa shape index (κ1) is 29.9. The van der Waals surface area contributed by atoms with E-state index in [9.17, 15) is 0 Å². The van der Waals surface area contributed by atoms with Crippen molar-refractivity contribution >= 4 is 17.1 Å². The van der Waals surface area contributed by atoms with Crippen molar-refractivity contribution in [1.29, 1.82) is 0 Å². The summed E-state index contributed by atoms with van der Waals surface area (Å²) in [6.45, 7) is 0. The van der Waals surface area contributed by atoms with Crippen LogP contribution in [0, 0.1) is 0 Å². The first-order chi connectivity index (χ1) is 24.3. The third kappa shape index (κ3) is 6.18. The first-order valence-electron chi connectivity index (χ1n) is 16.8. The van der Waals surface area contributed by atoms with Crippen LogP contribution in [-0.4, -0.2) is 0 Å². The Hall–Kier alpha value is -6.44. The average Bonchev–Trinajstić information content (AvgIpc) is 3.20. The molecule has 0 spiro atoms. The Balaban J connectivity index is 1.24. The predicted octanol–water partition coefficient (Wildman–Crippen LogP) is 13.5. The van der Waals surface area contributed by atoms with E-state index in [4.69, 9.17) is 0 Å². The van der Waals surface area contributed by atoms with Crippen LogP contribution < -0.4 is 4.90 Å². The van der Waals surface area contributed by atoms with E-state index in [2.05, 4.69) is 217 Å². The number of anilines is 3. The molecule has 0 saturated carbocycles. The van der Waals surface area contributed by atoms with Gasteiger partial charge >= 0.3 is 0 Å². The quantitative estimate of drug-likeness (QED) is 0.162. The second-order valence-corrected chi connectivity index (χ2v) is 12.1. The van der Waals surface area contributed by atoms with Crippen molar-refractivity contribution in [1.82, 2.24) is 0 Å².